The zero-order valence-corrected chi connectivity index (χ0v) is 10.2. The lowest BCUT2D eigenvalue weighted by atomic mass is 10.1. The van der Waals surface area contributed by atoms with E-state index in [1.165, 1.54) is 21.1 Å². The van der Waals surface area contributed by atoms with Crippen LogP contribution in [0.15, 0.2) is 0 Å². The van der Waals surface area contributed by atoms with Gasteiger partial charge in [0.1, 0.15) is 5.97 Å². The molecule has 15 heavy (non-hydrogen) atoms. The number of carbonyl (C=O) groups excluding carboxylic acids is 1. The van der Waals surface area contributed by atoms with Crippen molar-refractivity contribution in [2.24, 2.45) is 0 Å². The highest BCUT2D eigenvalue weighted by molar-refractivity contribution is 7.87. The number of rotatable bonds is 5. The number of nitrogens with zero attached hydrogens (tertiary/aromatic N) is 1. The van der Waals surface area contributed by atoms with Crippen LogP contribution >= 0.6 is 0 Å². The van der Waals surface area contributed by atoms with Crippen molar-refractivity contribution in [2.45, 2.75) is 24.6 Å². The molecule has 0 aromatic heterocycles. The molecule has 1 N–H and O–H groups in total. The molecule has 1 unspecified atom stereocenters. The molecule has 0 radical (unpaired) electrons. The Bertz CT molecular complexity index is 343. The summed E-state index contributed by atoms with van der Waals surface area (Å²) >= 11 is 0. The molecule has 90 valence electrons. The summed E-state index contributed by atoms with van der Waals surface area (Å²) in [4.78, 5) is 8.74. The van der Waals surface area contributed by atoms with E-state index in [4.69, 9.17) is 4.55 Å². The first-order valence-electron chi connectivity index (χ1n) is 4.50. The van der Waals surface area contributed by atoms with E-state index in [-0.39, 0.29) is 6.42 Å². The number of quaternary nitrogens is 1. The Labute approximate surface area is 89.8 Å². The van der Waals surface area contributed by atoms with E-state index in [9.17, 15) is 18.3 Å². The third kappa shape index (κ3) is 2.30. The van der Waals surface area contributed by atoms with E-state index in [1.807, 2.05) is 0 Å². The normalized spacial score (nSPS) is 17.1. The van der Waals surface area contributed by atoms with Gasteiger partial charge in [-0.2, -0.15) is 8.42 Å². The van der Waals surface area contributed by atoms with E-state index in [0.29, 0.717) is 6.42 Å². The second-order valence-electron chi connectivity index (χ2n) is 4.31. The van der Waals surface area contributed by atoms with E-state index >= 15 is 0 Å². The third-order valence-corrected chi connectivity index (χ3v) is 4.19. The monoisotopic (exact) mass is 239 g/mol. The van der Waals surface area contributed by atoms with Crippen molar-refractivity contribution >= 4 is 16.1 Å². The quantitative estimate of drug-likeness (QED) is 0.481. The Morgan fingerprint density at radius 2 is 1.80 bits per heavy atom. The van der Waals surface area contributed by atoms with Crippen LogP contribution in [0.2, 0.25) is 0 Å². The second kappa shape index (κ2) is 4.07. The Morgan fingerprint density at radius 1 is 1.40 bits per heavy atom. The molecule has 0 rings (SSSR count). The maximum atomic E-state index is 11.3. The number of carboxylic acids is 1. The summed E-state index contributed by atoms with van der Waals surface area (Å²) < 4.78 is 31.2. The highest BCUT2D eigenvalue weighted by atomic mass is 32.2. The van der Waals surface area contributed by atoms with Gasteiger partial charge in [-0.3, -0.25) is 4.55 Å². The van der Waals surface area contributed by atoms with Gasteiger partial charge in [-0.05, 0) is 6.42 Å². The van der Waals surface area contributed by atoms with Crippen LogP contribution in [0.5, 0.6) is 0 Å². The number of hydrogen-bond acceptors (Lipinski definition) is 4. The molecule has 0 heterocycles. The summed E-state index contributed by atoms with van der Waals surface area (Å²) in [6, 6.07) is 0. The van der Waals surface area contributed by atoms with E-state index in [1.54, 1.807) is 6.92 Å². The smallest absolute Gasteiger partial charge is 0.328 e. The van der Waals surface area contributed by atoms with Crippen LogP contribution < -0.4 is 5.11 Å². The maximum Gasteiger partial charge on any atom is 0.328 e. The Morgan fingerprint density at radius 3 is 1.87 bits per heavy atom. The van der Waals surface area contributed by atoms with E-state index < -0.39 is 25.4 Å². The fraction of sp³-hybridized carbons (Fsp3) is 0.875. The van der Waals surface area contributed by atoms with Crippen molar-refractivity contribution in [2.75, 3.05) is 21.1 Å². The molecule has 1 atom stereocenters. The van der Waals surface area contributed by atoms with Crippen molar-refractivity contribution in [1.82, 2.24) is 0 Å². The van der Waals surface area contributed by atoms with Crippen LogP contribution in [0.25, 0.3) is 0 Å². The summed E-state index contributed by atoms with van der Waals surface area (Å²) in [5.74, 6) is -1.78. The zero-order valence-electron chi connectivity index (χ0n) is 9.35. The van der Waals surface area contributed by atoms with Crippen molar-refractivity contribution in [3.63, 3.8) is 0 Å². The average Bonchev–Trinajstić information content (AvgIpc) is 1.93. The number of aliphatic carboxylic acids is 1. The van der Waals surface area contributed by atoms with Crippen LogP contribution in [0.3, 0.4) is 0 Å². The van der Waals surface area contributed by atoms with Gasteiger partial charge < -0.3 is 14.4 Å². The average molecular weight is 239 g/mol. The van der Waals surface area contributed by atoms with Gasteiger partial charge in [-0.25, -0.2) is 0 Å². The lowest BCUT2D eigenvalue weighted by Gasteiger charge is -2.43. The molecule has 0 bridgehead atoms. The van der Waals surface area contributed by atoms with E-state index in [2.05, 4.69) is 0 Å². The molecule has 0 saturated carbocycles. The molecule has 0 aliphatic carbocycles. The molecule has 0 aromatic rings. The van der Waals surface area contributed by atoms with Crippen LogP contribution in [0.1, 0.15) is 19.8 Å². The van der Waals surface area contributed by atoms with Gasteiger partial charge in [0, 0.05) is 6.42 Å². The first-order valence-corrected chi connectivity index (χ1v) is 5.94. The van der Waals surface area contributed by atoms with Gasteiger partial charge in [0.15, 0.2) is 0 Å². The largest absolute Gasteiger partial charge is 0.543 e. The lowest BCUT2D eigenvalue weighted by Crippen LogP contribution is -2.69. The van der Waals surface area contributed by atoms with Crippen LogP contribution in [0.4, 0.5) is 0 Å². The summed E-state index contributed by atoms with van der Waals surface area (Å²) in [5, 5.41) is 11.0. The number of carboxylic acid groups (broad SMARTS) is 1. The van der Waals surface area contributed by atoms with Gasteiger partial charge in [0.05, 0.1) is 21.1 Å². The van der Waals surface area contributed by atoms with Crippen molar-refractivity contribution in [3.05, 3.63) is 0 Å². The number of hydrogen-bond donors (Lipinski definition) is 1. The van der Waals surface area contributed by atoms with Crippen molar-refractivity contribution in [3.8, 4) is 0 Å². The highest BCUT2D eigenvalue weighted by Crippen LogP contribution is 2.29. The standard InChI is InChI=1S/C8H17NO5S/c1-5-6-8(7(10)11,9(2,3)4)15(12,13)14/h5-6H2,1-4H3,(H-,10,11,12,13,14). The molecule has 0 spiro atoms. The van der Waals surface area contributed by atoms with Crippen molar-refractivity contribution < 1.29 is 27.4 Å². The Kier molecular flexibility index (Phi) is 3.89. The van der Waals surface area contributed by atoms with Gasteiger partial charge in [-0.15, -0.1) is 0 Å². The van der Waals surface area contributed by atoms with E-state index in [0.717, 1.165) is 0 Å². The van der Waals surface area contributed by atoms with Crippen LogP contribution in [0, 0.1) is 0 Å². The van der Waals surface area contributed by atoms with Gasteiger partial charge in [0.25, 0.3) is 4.87 Å². The molecule has 0 aliphatic heterocycles. The SMILES string of the molecule is CCCC(C(=O)[O-])([N+](C)(C)C)S(=O)(=O)O. The minimum atomic E-state index is -4.74. The fourth-order valence-corrected chi connectivity index (χ4v) is 3.00. The molecule has 0 saturated heterocycles. The third-order valence-electron chi connectivity index (χ3n) is 2.42. The number of likely N-dealkylation sites (N-methyl/N-ethyl adjacent to an activating group) is 1. The zero-order chi connectivity index (χ0) is 12.5. The molecule has 7 heteroatoms. The number of carbonyl (C=O) groups is 1. The van der Waals surface area contributed by atoms with Gasteiger partial charge >= 0.3 is 10.1 Å². The molecule has 6 nitrogen and oxygen atoms in total. The predicted octanol–water partition coefficient (Wildman–Crippen LogP) is -1.17. The minimum Gasteiger partial charge on any atom is -0.543 e. The Hall–Kier alpha value is -0.660. The summed E-state index contributed by atoms with van der Waals surface area (Å²) in [7, 11) is -0.571. The first kappa shape index (κ1) is 14.3. The Balaban J connectivity index is 5.84. The molecular weight excluding hydrogens is 222 g/mol. The van der Waals surface area contributed by atoms with Crippen LogP contribution in [-0.2, 0) is 14.9 Å². The molecule has 0 aliphatic rings. The summed E-state index contributed by atoms with van der Waals surface area (Å²) in [5.41, 5.74) is 0. The predicted molar refractivity (Wildman–Crippen MR) is 52.2 cm³/mol. The van der Waals surface area contributed by atoms with Crippen LogP contribution in [-0.4, -0.2) is 49.4 Å². The first-order chi connectivity index (χ1) is 6.50. The van der Waals surface area contributed by atoms with Gasteiger partial charge in [0.2, 0.25) is 0 Å². The highest BCUT2D eigenvalue weighted by Gasteiger charge is 2.55. The fourth-order valence-electron chi connectivity index (χ4n) is 1.63. The summed E-state index contributed by atoms with van der Waals surface area (Å²) in [6.07, 6.45) is 0.112. The van der Waals surface area contributed by atoms with Crippen molar-refractivity contribution in [1.29, 1.82) is 0 Å². The maximum absolute atomic E-state index is 11.3. The second-order valence-corrected chi connectivity index (χ2v) is 5.93. The molecule has 0 fully saturated rings. The van der Waals surface area contributed by atoms with Gasteiger partial charge in [-0.1, -0.05) is 6.92 Å². The summed E-state index contributed by atoms with van der Waals surface area (Å²) in [6.45, 7) is 1.64. The molecule has 0 aromatic carbocycles. The topological polar surface area (TPSA) is 94.5 Å². The lowest BCUT2D eigenvalue weighted by molar-refractivity contribution is -0.901. The molecule has 0 amide bonds. The molecular formula is C8H17NO5S. The minimum absolute atomic E-state index is 0.197.